The molecule has 1 heterocycles. The molecule has 0 spiro atoms. The molecule has 0 fully saturated rings. The highest BCUT2D eigenvalue weighted by molar-refractivity contribution is 7.71. The number of rotatable bonds is 4. The topological polar surface area (TPSA) is 146 Å². The lowest BCUT2D eigenvalue weighted by molar-refractivity contribution is -0.456. The molecule has 0 aliphatic rings. The molecule has 0 bridgehead atoms. The summed E-state index contributed by atoms with van der Waals surface area (Å²) in [5, 5.41) is 16.3. The average Bonchev–Trinajstić information content (AvgIpc) is 2.50. The Labute approximate surface area is 135 Å². The van der Waals surface area contributed by atoms with Crippen molar-refractivity contribution in [2.45, 2.75) is 0 Å². The van der Waals surface area contributed by atoms with Gasteiger partial charge >= 0.3 is 0 Å². The summed E-state index contributed by atoms with van der Waals surface area (Å²) >= 11 is 5.12. The SMILES string of the molecule is COc1ccccc1-n1c(O)c(/C=[NH+]/N=C(N)N)c(=O)[nH]c1=S. The van der Waals surface area contributed by atoms with E-state index in [1.807, 2.05) is 0 Å². The number of para-hydroxylation sites is 2. The summed E-state index contributed by atoms with van der Waals surface area (Å²) in [7, 11) is 1.48. The predicted molar refractivity (Wildman–Crippen MR) is 87.4 cm³/mol. The maximum atomic E-state index is 12.0. The molecule has 1 aromatic heterocycles. The molecule has 7 N–H and O–H groups in total. The summed E-state index contributed by atoms with van der Waals surface area (Å²) < 4.78 is 6.51. The smallest absolute Gasteiger partial charge is 0.269 e. The number of ether oxygens (including phenoxy) is 1. The zero-order valence-electron chi connectivity index (χ0n) is 12.1. The minimum absolute atomic E-state index is 0.0102. The number of benzene rings is 1. The summed E-state index contributed by atoms with van der Waals surface area (Å²) in [6, 6.07) is 6.88. The maximum absolute atomic E-state index is 12.0. The van der Waals surface area contributed by atoms with Gasteiger partial charge in [-0.05, 0) is 24.4 Å². The number of hydrazone groups is 1. The second-order valence-electron chi connectivity index (χ2n) is 4.31. The van der Waals surface area contributed by atoms with Crippen LogP contribution in [0, 0.1) is 4.77 Å². The number of guanidine groups is 1. The summed E-state index contributed by atoms with van der Waals surface area (Å²) in [4.78, 5) is 14.4. The van der Waals surface area contributed by atoms with Crippen molar-refractivity contribution in [3.05, 3.63) is 45.0 Å². The summed E-state index contributed by atoms with van der Waals surface area (Å²) in [6.07, 6.45) is 1.15. The largest absolute Gasteiger partial charge is 0.495 e. The van der Waals surface area contributed by atoms with E-state index in [4.69, 9.17) is 28.4 Å². The van der Waals surface area contributed by atoms with Crippen molar-refractivity contribution in [1.82, 2.24) is 9.55 Å². The molecule has 0 aliphatic heterocycles. The monoisotopic (exact) mass is 335 g/mol. The van der Waals surface area contributed by atoms with Crippen LogP contribution in [-0.2, 0) is 0 Å². The molecule has 2 rings (SSSR count). The van der Waals surface area contributed by atoms with Gasteiger partial charge in [0.1, 0.15) is 5.75 Å². The Bertz CT molecular complexity index is 895. The fourth-order valence-corrected chi connectivity index (χ4v) is 2.16. The first kappa shape index (κ1) is 16.2. The molecule has 0 amide bonds. The molecule has 23 heavy (non-hydrogen) atoms. The third-order valence-electron chi connectivity index (χ3n) is 2.85. The van der Waals surface area contributed by atoms with Crippen LogP contribution >= 0.6 is 12.2 Å². The minimum atomic E-state index is -0.600. The zero-order chi connectivity index (χ0) is 17.0. The fourth-order valence-electron chi connectivity index (χ4n) is 1.88. The van der Waals surface area contributed by atoms with Gasteiger partial charge in [0.05, 0.1) is 12.8 Å². The van der Waals surface area contributed by atoms with E-state index < -0.39 is 5.56 Å². The number of aromatic nitrogens is 2. The first-order valence-corrected chi connectivity index (χ1v) is 6.75. The Morgan fingerprint density at radius 2 is 2.17 bits per heavy atom. The lowest BCUT2D eigenvalue weighted by atomic mass is 10.2. The van der Waals surface area contributed by atoms with Crippen LogP contribution in [0.1, 0.15) is 5.56 Å². The normalized spacial score (nSPS) is 10.7. The Morgan fingerprint density at radius 1 is 1.48 bits per heavy atom. The summed E-state index contributed by atoms with van der Waals surface area (Å²) in [5.74, 6) is -0.148. The Kier molecular flexibility index (Phi) is 4.76. The lowest BCUT2D eigenvalue weighted by Crippen LogP contribution is -2.64. The van der Waals surface area contributed by atoms with Crippen LogP contribution in [0.4, 0.5) is 0 Å². The van der Waals surface area contributed by atoms with Crippen molar-refractivity contribution in [2.24, 2.45) is 16.6 Å². The molecular formula is C13H15N6O3S+. The van der Waals surface area contributed by atoms with Gasteiger partial charge in [-0.15, -0.1) is 5.10 Å². The number of methoxy groups -OCH3 is 1. The van der Waals surface area contributed by atoms with E-state index in [9.17, 15) is 9.90 Å². The number of hydrogen-bond acceptors (Lipinski definition) is 5. The molecule has 0 saturated heterocycles. The van der Waals surface area contributed by atoms with Gasteiger partial charge in [0.25, 0.3) is 11.5 Å². The highest BCUT2D eigenvalue weighted by atomic mass is 32.1. The second kappa shape index (κ2) is 6.75. The highest BCUT2D eigenvalue weighted by Crippen LogP contribution is 2.26. The van der Waals surface area contributed by atoms with E-state index in [1.54, 1.807) is 24.3 Å². The van der Waals surface area contributed by atoms with Crippen molar-refractivity contribution in [2.75, 3.05) is 7.11 Å². The van der Waals surface area contributed by atoms with Gasteiger partial charge in [0, 0.05) is 5.10 Å². The van der Waals surface area contributed by atoms with E-state index in [0.29, 0.717) is 11.4 Å². The van der Waals surface area contributed by atoms with E-state index >= 15 is 0 Å². The number of hydrogen-bond donors (Lipinski definition) is 5. The number of nitrogens with one attached hydrogen (secondary N) is 2. The number of nitrogens with zero attached hydrogens (tertiary/aromatic N) is 2. The van der Waals surface area contributed by atoms with Crippen LogP contribution in [-0.4, -0.2) is 33.9 Å². The number of nitrogens with two attached hydrogens (primary N) is 2. The fraction of sp³-hybridized carbons (Fsp3) is 0.0769. The lowest BCUT2D eigenvalue weighted by Gasteiger charge is -2.13. The molecule has 0 saturated carbocycles. The van der Waals surface area contributed by atoms with Crippen LogP contribution in [0.15, 0.2) is 34.2 Å². The van der Waals surface area contributed by atoms with Crippen LogP contribution in [0.5, 0.6) is 11.6 Å². The maximum Gasteiger partial charge on any atom is 0.269 e. The molecule has 0 atom stereocenters. The third-order valence-corrected chi connectivity index (χ3v) is 3.13. The van der Waals surface area contributed by atoms with Gasteiger partial charge in [0.2, 0.25) is 12.1 Å². The first-order valence-electron chi connectivity index (χ1n) is 6.34. The molecule has 2 aromatic rings. The van der Waals surface area contributed by atoms with E-state index in [0.717, 1.165) is 6.21 Å². The molecule has 9 nitrogen and oxygen atoms in total. The van der Waals surface area contributed by atoms with Gasteiger partial charge in [0.15, 0.2) is 10.3 Å². The van der Waals surface area contributed by atoms with Crippen molar-refractivity contribution in [3.8, 4) is 17.3 Å². The molecule has 0 radical (unpaired) electrons. The van der Waals surface area contributed by atoms with Gasteiger partial charge in [-0.25, -0.2) is 0 Å². The summed E-state index contributed by atoms with van der Waals surface area (Å²) in [5.41, 5.74) is 10.1. The molecule has 0 unspecified atom stereocenters. The Morgan fingerprint density at radius 3 is 2.83 bits per heavy atom. The second-order valence-corrected chi connectivity index (χ2v) is 4.70. The van der Waals surface area contributed by atoms with Crippen molar-refractivity contribution in [3.63, 3.8) is 0 Å². The van der Waals surface area contributed by atoms with Crippen LogP contribution in [0.25, 0.3) is 5.69 Å². The van der Waals surface area contributed by atoms with Gasteiger partial charge in [-0.3, -0.25) is 14.3 Å². The highest BCUT2D eigenvalue weighted by Gasteiger charge is 2.16. The standard InChI is InChI=1S/C13H14N6O3S/c1-22-9-5-3-2-4-8(9)19-11(21)7(6-16-18-12(14)15)10(20)17-13(19)23/h2-6,21H,1H3,(H4,14,15,18)(H,17,20,23)/p+1/b16-6+. The van der Waals surface area contributed by atoms with E-state index in [2.05, 4.69) is 15.2 Å². The number of aromatic amines is 1. The molecule has 10 heteroatoms. The summed E-state index contributed by atoms with van der Waals surface area (Å²) in [6.45, 7) is 0. The number of H-pyrrole nitrogens is 1. The zero-order valence-corrected chi connectivity index (χ0v) is 12.9. The average molecular weight is 335 g/mol. The van der Waals surface area contributed by atoms with Gasteiger partial charge < -0.3 is 21.3 Å². The van der Waals surface area contributed by atoms with E-state index in [-0.39, 0.29) is 22.2 Å². The van der Waals surface area contributed by atoms with E-state index in [1.165, 1.54) is 11.7 Å². The predicted octanol–water partition coefficient (Wildman–Crippen LogP) is -1.70. The minimum Gasteiger partial charge on any atom is -0.495 e. The van der Waals surface area contributed by atoms with Gasteiger partial charge in [-0.1, -0.05) is 12.1 Å². The van der Waals surface area contributed by atoms with Crippen LogP contribution in [0.3, 0.4) is 0 Å². The van der Waals surface area contributed by atoms with Crippen molar-refractivity contribution in [1.29, 1.82) is 0 Å². The van der Waals surface area contributed by atoms with Crippen LogP contribution < -0.4 is 26.9 Å². The van der Waals surface area contributed by atoms with Crippen LogP contribution in [0.2, 0.25) is 0 Å². The Balaban J connectivity index is 2.71. The van der Waals surface area contributed by atoms with Crippen molar-refractivity contribution < 1.29 is 14.9 Å². The quantitative estimate of drug-likeness (QED) is 0.195. The molecule has 0 aliphatic carbocycles. The van der Waals surface area contributed by atoms with Gasteiger partial charge in [-0.2, -0.15) is 0 Å². The molecule has 1 aromatic carbocycles. The molecule has 120 valence electrons. The van der Waals surface area contributed by atoms with Crippen molar-refractivity contribution >= 4 is 24.4 Å². The third kappa shape index (κ3) is 3.37. The Hall–Kier alpha value is -3.14. The molecular weight excluding hydrogens is 320 g/mol. The first-order chi connectivity index (χ1) is 11.0. The number of aromatic hydroxyl groups is 1.